The Kier molecular flexibility index (Phi) is 3.43. The zero-order valence-electron chi connectivity index (χ0n) is 10.2. The SMILES string of the molecule is COC(=O)C(CC1(C)COC1)c1ccncc1. The average Bonchev–Trinajstić information content (AvgIpc) is 2.34. The highest BCUT2D eigenvalue weighted by Crippen LogP contribution is 2.38. The van der Waals surface area contributed by atoms with Crippen LogP contribution < -0.4 is 0 Å². The lowest BCUT2D eigenvalue weighted by Crippen LogP contribution is -2.42. The highest BCUT2D eigenvalue weighted by atomic mass is 16.5. The van der Waals surface area contributed by atoms with Crippen LogP contribution in [0.25, 0.3) is 0 Å². The molecule has 92 valence electrons. The predicted octanol–water partition coefficient (Wildman–Crippen LogP) is 1.76. The van der Waals surface area contributed by atoms with E-state index in [2.05, 4.69) is 11.9 Å². The fraction of sp³-hybridized carbons (Fsp3) is 0.538. The zero-order chi connectivity index (χ0) is 12.3. The number of rotatable bonds is 4. The normalized spacial score (nSPS) is 19.2. The van der Waals surface area contributed by atoms with Gasteiger partial charge in [0, 0.05) is 17.8 Å². The number of nitrogens with zero attached hydrogens (tertiary/aromatic N) is 1. The number of carbonyl (C=O) groups excluding carboxylic acids is 1. The molecule has 0 spiro atoms. The Balaban J connectivity index is 2.17. The van der Waals surface area contributed by atoms with Crippen molar-refractivity contribution in [3.8, 4) is 0 Å². The standard InChI is InChI=1S/C13H17NO3/c1-13(8-17-9-13)7-11(12(15)16-2)10-3-5-14-6-4-10/h3-6,11H,7-9H2,1-2H3. The van der Waals surface area contributed by atoms with Gasteiger partial charge in [0.1, 0.15) is 0 Å². The number of ether oxygens (including phenoxy) is 2. The number of aromatic nitrogens is 1. The van der Waals surface area contributed by atoms with Gasteiger partial charge in [-0.1, -0.05) is 6.92 Å². The van der Waals surface area contributed by atoms with Crippen LogP contribution in [-0.2, 0) is 14.3 Å². The minimum atomic E-state index is -0.225. The van der Waals surface area contributed by atoms with Crippen LogP contribution in [-0.4, -0.2) is 31.3 Å². The van der Waals surface area contributed by atoms with Crippen LogP contribution in [0, 0.1) is 5.41 Å². The second-order valence-electron chi connectivity index (χ2n) is 4.86. The van der Waals surface area contributed by atoms with E-state index < -0.39 is 0 Å². The molecule has 0 bridgehead atoms. The zero-order valence-corrected chi connectivity index (χ0v) is 10.2. The molecule has 17 heavy (non-hydrogen) atoms. The molecule has 0 amide bonds. The molecule has 2 rings (SSSR count). The molecule has 4 nitrogen and oxygen atoms in total. The van der Waals surface area contributed by atoms with E-state index in [0.717, 1.165) is 12.0 Å². The minimum Gasteiger partial charge on any atom is -0.469 e. The summed E-state index contributed by atoms with van der Waals surface area (Å²) in [5.41, 5.74) is 1.04. The molecule has 1 aromatic rings. The summed E-state index contributed by atoms with van der Waals surface area (Å²) in [5.74, 6) is -0.416. The van der Waals surface area contributed by atoms with Crippen LogP contribution in [0.3, 0.4) is 0 Å². The predicted molar refractivity (Wildman–Crippen MR) is 62.5 cm³/mol. The third-order valence-corrected chi connectivity index (χ3v) is 3.19. The molecule has 0 aliphatic carbocycles. The molecule has 1 aliphatic rings. The first kappa shape index (κ1) is 12.0. The first-order valence-corrected chi connectivity index (χ1v) is 5.70. The molecule has 0 saturated carbocycles. The molecule has 2 heterocycles. The van der Waals surface area contributed by atoms with Crippen molar-refractivity contribution >= 4 is 5.97 Å². The second-order valence-corrected chi connectivity index (χ2v) is 4.86. The van der Waals surface area contributed by atoms with Crippen LogP contribution in [0.15, 0.2) is 24.5 Å². The van der Waals surface area contributed by atoms with Gasteiger partial charge in [-0.25, -0.2) is 0 Å². The van der Waals surface area contributed by atoms with E-state index in [0.29, 0.717) is 13.2 Å². The molecule has 1 atom stereocenters. The largest absolute Gasteiger partial charge is 0.469 e. The van der Waals surface area contributed by atoms with E-state index in [1.165, 1.54) is 7.11 Å². The maximum Gasteiger partial charge on any atom is 0.313 e. The Hall–Kier alpha value is -1.42. The summed E-state index contributed by atoms with van der Waals surface area (Å²) in [6.07, 6.45) is 4.15. The third kappa shape index (κ3) is 2.64. The maximum absolute atomic E-state index is 11.8. The van der Waals surface area contributed by atoms with Crippen LogP contribution in [0.4, 0.5) is 0 Å². The van der Waals surface area contributed by atoms with Crippen molar-refractivity contribution in [3.63, 3.8) is 0 Å². The summed E-state index contributed by atoms with van der Waals surface area (Å²) in [7, 11) is 1.43. The Morgan fingerprint density at radius 1 is 1.53 bits per heavy atom. The molecule has 4 heteroatoms. The van der Waals surface area contributed by atoms with Gasteiger partial charge in [0.15, 0.2) is 0 Å². The van der Waals surface area contributed by atoms with Gasteiger partial charge in [0.25, 0.3) is 0 Å². The number of methoxy groups -OCH3 is 1. The summed E-state index contributed by atoms with van der Waals surface area (Å²) in [6, 6.07) is 3.73. The molecule has 0 N–H and O–H groups in total. The molecular formula is C13H17NO3. The van der Waals surface area contributed by atoms with Gasteiger partial charge in [-0.05, 0) is 24.1 Å². The first-order chi connectivity index (χ1) is 8.14. The Morgan fingerprint density at radius 2 is 2.18 bits per heavy atom. The lowest BCUT2D eigenvalue weighted by molar-refractivity contribution is -0.148. The molecule has 1 fully saturated rings. The van der Waals surface area contributed by atoms with Crippen molar-refractivity contribution in [2.45, 2.75) is 19.3 Å². The van der Waals surface area contributed by atoms with Gasteiger partial charge in [0.05, 0.1) is 26.2 Å². The molecule has 0 radical (unpaired) electrons. The Morgan fingerprint density at radius 3 is 2.65 bits per heavy atom. The van der Waals surface area contributed by atoms with E-state index in [1.807, 2.05) is 12.1 Å². The lowest BCUT2D eigenvalue weighted by atomic mass is 9.77. The Bertz CT molecular complexity index is 387. The second kappa shape index (κ2) is 4.84. The fourth-order valence-electron chi connectivity index (χ4n) is 2.14. The van der Waals surface area contributed by atoms with Crippen LogP contribution in [0.2, 0.25) is 0 Å². The number of hydrogen-bond acceptors (Lipinski definition) is 4. The summed E-state index contributed by atoms with van der Waals surface area (Å²) < 4.78 is 10.1. The average molecular weight is 235 g/mol. The first-order valence-electron chi connectivity index (χ1n) is 5.70. The van der Waals surface area contributed by atoms with Gasteiger partial charge in [-0.2, -0.15) is 0 Å². The van der Waals surface area contributed by atoms with Crippen LogP contribution >= 0.6 is 0 Å². The molecular weight excluding hydrogens is 218 g/mol. The smallest absolute Gasteiger partial charge is 0.313 e. The molecule has 1 unspecified atom stereocenters. The molecule has 1 aliphatic heterocycles. The fourth-order valence-corrected chi connectivity index (χ4v) is 2.14. The van der Waals surface area contributed by atoms with Crippen LogP contribution in [0.5, 0.6) is 0 Å². The quantitative estimate of drug-likeness (QED) is 0.746. The lowest BCUT2D eigenvalue weighted by Gasteiger charge is -2.40. The van der Waals surface area contributed by atoms with Crippen molar-refractivity contribution in [2.24, 2.45) is 5.41 Å². The van der Waals surface area contributed by atoms with E-state index in [-0.39, 0.29) is 17.3 Å². The topological polar surface area (TPSA) is 48.4 Å². The highest BCUT2D eigenvalue weighted by molar-refractivity contribution is 5.78. The number of hydrogen-bond donors (Lipinski definition) is 0. The van der Waals surface area contributed by atoms with Crippen molar-refractivity contribution in [3.05, 3.63) is 30.1 Å². The van der Waals surface area contributed by atoms with Crippen molar-refractivity contribution in [1.82, 2.24) is 4.98 Å². The van der Waals surface area contributed by atoms with Gasteiger partial charge >= 0.3 is 5.97 Å². The van der Waals surface area contributed by atoms with Gasteiger partial charge < -0.3 is 9.47 Å². The van der Waals surface area contributed by atoms with E-state index >= 15 is 0 Å². The van der Waals surface area contributed by atoms with Crippen LogP contribution in [0.1, 0.15) is 24.8 Å². The summed E-state index contributed by atoms with van der Waals surface area (Å²) in [5, 5.41) is 0. The molecule has 0 aromatic carbocycles. The maximum atomic E-state index is 11.8. The molecule has 1 saturated heterocycles. The number of carbonyl (C=O) groups is 1. The third-order valence-electron chi connectivity index (χ3n) is 3.19. The van der Waals surface area contributed by atoms with Gasteiger partial charge in [0.2, 0.25) is 0 Å². The Labute approximate surface area is 101 Å². The van der Waals surface area contributed by atoms with Gasteiger partial charge in [-0.15, -0.1) is 0 Å². The molecule has 1 aromatic heterocycles. The minimum absolute atomic E-state index is 0.0854. The number of pyridine rings is 1. The van der Waals surface area contributed by atoms with Crippen molar-refractivity contribution in [1.29, 1.82) is 0 Å². The summed E-state index contributed by atoms with van der Waals surface area (Å²) in [6.45, 7) is 3.56. The summed E-state index contributed by atoms with van der Waals surface area (Å²) >= 11 is 0. The number of esters is 1. The monoisotopic (exact) mass is 235 g/mol. The van der Waals surface area contributed by atoms with E-state index in [9.17, 15) is 4.79 Å². The van der Waals surface area contributed by atoms with Crippen molar-refractivity contribution < 1.29 is 14.3 Å². The van der Waals surface area contributed by atoms with Crippen molar-refractivity contribution in [2.75, 3.05) is 20.3 Å². The highest BCUT2D eigenvalue weighted by Gasteiger charge is 2.38. The van der Waals surface area contributed by atoms with E-state index in [4.69, 9.17) is 9.47 Å². The van der Waals surface area contributed by atoms with Gasteiger partial charge in [-0.3, -0.25) is 9.78 Å². The summed E-state index contributed by atoms with van der Waals surface area (Å²) in [4.78, 5) is 15.8. The van der Waals surface area contributed by atoms with E-state index in [1.54, 1.807) is 12.4 Å².